The fourth-order valence-electron chi connectivity index (χ4n) is 1.95. The normalized spacial score (nSPS) is 10.7. The first-order chi connectivity index (χ1) is 8.75. The molecule has 0 saturated carbocycles. The average Bonchev–Trinajstić information content (AvgIpc) is 2.41. The Labute approximate surface area is 118 Å². The fraction of sp³-hybridized carbons (Fsp3) is 0. The van der Waals surface area contributed by atoms with Gasteiger partial charge in [0.05, 0.1) is 4.47 Å². The zero-order valence-electron chi connectivity index (χ0n) is 9.35. The van der Waals surface area contributed by atoms with Gasteiger partial charge < -0.3 is 4.98 Å². The lowest BCUT2D eigenvalue weighted by atomic mass is 10.0. The molecule has 0 saturated heterocycles. The van der Waals surface area contributed by atoms with E-state index >= 15 is 0 Å². The van der Waals surface area contributed by atoms with E-state index in [1.807, 2.05) is 24.3 Å². The lowest BCUT2D eigenvalue weighted by molar-refractivity contribution is 1.15. The number of nitrogens with zero attached hydrogens (tertiary/aromatic N) is 1. The first kappa shape index (κ1) is 11.6. The fourth-order valence-corrected chi connectivity index (χ4v) is 2.30. The summed E-state index contributed by atoms with van der Waals surface area (Å²) in [7, 11) is 0. The Balaban J connectivity index is 2.31. The van der Waals surface area contributed by atoms with Crippen LogP contribution in [0.25, 0.3) is 22.2 Å². The van der Waals surface area contributed by atoms with Crippen LogP contribution in [0.15, 0.2) is 53.1 Å². The summed E-state index contributed by atoms with van der Waals surface area (Å²) in [5.41, 5.74) is 1.06. The van der Waals surface area contributed by atoms with Crippen LogP contribution in [-0.2, 0) is 0 Å². The summed E-state index contributed by atoms with van der Waals surface area (Å²) in [5, 5.41) is 2.36. The number of hydrogen-bond donors (Lipinski definition) is 1. The van der Waals surface area contributed by atoms with Crippen molar-refractivity contribution in [3.8, 4) is 11.4 Å². The third kappa shape index (κ3) is 1.98. The van der Waals surface area contributed by atoms with Crippen molar-refractivity contribution >= 4 is 38.9 Å². The number of aromatic amines is 1. The predicted molar refractivity (Wildman–Crippen MR) is 80.1 cm³/mol. The summed E-state index contributed by atoms with van der Waals surface area (Å²) >= 11 is 8.57. The second kappa shape index (κ2) is 4.63. The van der Waals surface area contributed by atoms with Crippen molar-refractivity contribution in [3.63, 3.8) is 0 Å². The molecule has 0 aliphatic carbocycles. The van der Waals surface area contributed by atoms with E-state index in [1.54, 1.807) is 6.20 Å². The molecular formula is C14H9BrN2S. The Morgan fingerprint density at radius 1 is 1.06 bits per heavy atom. The molecule has 0 unspecified atom stereocenters. The molecule has 0 aliphatic heterocycles. The number of nitrogens with one attached hydrogen (secondary N) is 1. The van der Waals surface area contributed by atoms with Gasteiger partial charge in [0.2, 0.25) is 0 Å². The molecule has 1 aromatic heterocycles. The molecule has 2 aromatic carbocycles. The van der Waals surface area contributed by atoms with E-state index in [0.29, 0.717) is 4.64 Å². The van der Waals surface area contributed by atoms with Crippen molar-refractivity contribution in [3.05, 3.63) is 57.8 Å². The zero-order chi connectivity index (χ0) is 12.5. The number of fused-ring (bicyclic) bond motifs is 1. The van der Waals surface area contributed by atoms with E-state index in [2.05, 4.69) is 44.1 Å². The highest BCUT2D eigenvalue weighted by Gasteiger charge is 2.05. The Hall–Kier alpha value is -1.52. The predicted octanol–water partition coefficient (Wildman–Crippen LogP) is 4.72. The molecule has 0 atom stereocenters. The van der Waals surface area contributed by atoms with Crippen molar-refractivity contribution < 1.29 is 0 Å². The number of benzene rings is 2. The number of halogens is 1. The molecule has 4 heteroatoms. The molecule has 88 valence electrons. The maximum atomic E-state index is 5.22. The van der Waals surface area contributed by atoms with Crippen molar-refractivity contribution in [2.24, 2.45) is 0 Å². The van der Waals surface area contributed by atoms with Crippen molar-refractivity contribution in [2.75, 3.05) is 0 Å². The van der Waals surface area contributed by atoms with Crippen LogP contribution in [0.4, 0.5) is 0 Å². The third-order valence-corrected chi connectivity index (χ3v) is 3.99. The highest BCUT2D eigenvalue weighted by molar-refractivity contribution is 9.10. The number of hydrogen-bond acceptors (Lipinski definition) is 2. The maximum Gasteiger partial charge on any atom is 0.138 e. The lowest BCUT2D eigenvalue weighted by Gasteiger charge is -2.06. The lowest BCUT2D eigenvalue weighted by Crippen LogP contribution is -1.90. The van der Waals surface area contributed by atoms with E-state index in [1.165, 1.54) is 10.8 Å². The van der Waals surface area contributed by atoms with Crippen LogP contribution < -0.4 is 0 Å². The first-order valence-electron chi connectivity index (χ1n) is 5.48. The highest BCUT2D eigenvalue weighted by atomic mass is 79.9. The second-order valence-corrected chi connectivity index (χ2v) is 5.20. The minimum absolute atomic E-state index is 0.660. The van der Waals surface area contributed by atoms with Crippen molar-refractivity contribution in [2.45, 2.75) is 0 Å². The quantitative estimate of drug-likeness (QED) is 0.658. The molecule has 0 spiro atoms. The molecule has 0 amide bonds. The smallest absolute Gasteiger partial charge is 0.138 e. The molecule has 0 aliphatic rings. The molecule has 3 rings (SSSR count). The van der Waals surface area contributed by atoms with Gasteiger partial charge in [-0.15, -0.1) is 0 Å². The molecule has 1 N–H and O–H groups in total. The van der Waals surface area contributed by atoms with Crippen LogP contribution in [0, 0.1) is 4.64 Å². The molecule has 18 heavy (non-hydrogen) atoms. The molecule has 0 radical (unpaired) electrons. The molecule has 1 heterocycles. The van der Waals surface area contributed by atoms with Gasteiger partial charge in [-0.1, -0.05) is 54.7 Å². The number of aromatic nitrogens is 2. The van der Waals surface area contributed by atoms with Gasteiger partial charge in [-0.2, -0.15) is 0 Å². The van der Waals surface area contributed by atoms with Crippen LogP contribution in [-0.4, -0.2) is 9.97 Å². The molecule has 0 bridgehead atoms. The largest absolute Gasteiger partial charge is 0.330 e. The van der Waals surface area contributed by atoms with Gasteiger partial charge in [0.25, 0.3) is 0 Å². The minimum Gasteiger partial charge on any atom is -0.330 e. The molecule has 2 nitrogen and oxygen atoms in total. The van der Waals surface area contributed by atoms with E-state index in [-0.39, 0.29) is 0 Å². The van der Waals surface area contributed by atoms with E-state index < -0.39 is 0 Å². The highest BCUT2D eigenvalue weighted by Crippen LogP contribution is 2.26. The summed E-state index contributed by atoms with van der Waals surface area (Å²) in [6.45, 7) is 0. The number of rotatable bonds is 1. The van der Waals surface area contributed by atoms with Gasteiger partial charge in [-0.25, -0.2) is 4.98 Å². The van der Waals surface area contributed by atoms with Gasteiger partial charge in [0.1, 0.15) is 10.5 Å². The summed E-state index contributed by atoms with van der Waals surface area (Å²) in [5.74, 6) is 0.792. The van der Waals surface area contributed by atoms with Crippen molar-refractivity contribution in [1.82, 2.24) is 9.97 Å². The van der Waals surface area contributed by atoms with Gasteiger partial charge in [-0.05, 0) is 26.7 Å². The Morgan fingerprint density at radius 3 is 2.67 bits per heavy atom. The van der Waals surface area contributed by atoms with Crippen LogP contribution in [0.2, 0.25) is 0 Å². The van der Waals surface area contributed by atoms with Gasteiger partial charge >= 0.3 is 0 Å². The monoisotopic (exact) mass is 316 g/mol. The maximum absolute atomic E-state index is 5.22. The Kier molecular flexibility index (Phi) is 2.97. The zero-order valence-corrected chi connectivity index (χ0v) is 11.8. The van der Waals surface area contributed by atoms with E-state index in [9.17, 15) is 0 Å². The van der Waals surface area contributed by atoms with Crippen LogP contribution in [0.5, 0.6) is 0 Å². The Bertz CT molecular complexity index is 775. The standard InChI is InChI=1S/C14H9BrN2S/c15-12-8-16-13(17-14(12)18)11-7-3-5-9-4-1-2-6-10(9)11/h1-8H,(H,16,17,18). The second-order valence-electron chi connectivity index (χ2n) is 3.94. The molecule has 3 aromatic rings. The summed E-state index contributed by atoms with van der Waals surface area (Å²) in [6, 6.07) is 14.4. The van der Waals surface area contributed by atoms with Crippen LogP contribution in [0.1, 0.15) is 0 Å². The van der Waals surface area contributed by atoms with Crippen molar-refractivity contribution in [1.29, 1.82) is 0 Å². The van der Waals surface area contributed by atoms with Gasteiger partial charge in [0.15, 0.2) is 0 Å². The Morgan fingerprint density at radius 2 is 1.83 bits per heavy atom. The summed E-state index contributed by atoms with van der Waals surface area (Å²) in [4.78, 5) is 7.53. The van der Waals surface area contributed by atoms with Gasteiger partial charge in [-0.3, -0.25) is 0 Å². The number of H-pyrrole nitrogens is 1. The summed E-state index contributed by atoms with van der Waals surface area (Å²) < 4.78 is 1.47. The van der Waals surface area contributed by atoms with Crippen LogP contribution >= 0.6 is 28.1 Å². The average molecular weight is 317 g/mol. The minimum atomic E-state index is 0.660. The van der Waals surface area contributed by atoms with Gasteiger partial charge in [0, 0.05) is 11.8 Å². The topological polar surface area (TPSA) is 28.7 Å². The SMILES string of the molecule is S=c1[nH]c(-c2cccc3ccccc23)ncc1Br. The third-order valence-electron chi connectivity index (χ3n) is 2.80. The molecular weight excluding hydrogens is 308 g/mol. The first-order valence-corrected chi connectivity index (χ1v) is 6.69. The van der Waals surface area contributed by atoms with Crippen LogP contribution in [0.3, 0.4) is 0 Å². The summed E-state index contributed by atoms with van der Waals surface area (Å²) in [6.07, 6.45) is 1.73. The molecule has 0 fully saturated rings. The van der Waals surface area contributed by atoms with E-state index in [0.717, 1.165) is 15.9 Å². The van der Waals surface area contributed by atoms with E-state index in [4.69, 9.17) is 12.2 Å².